The van der Waals surface area contributed by atoms with Gasteiger partial charge < -0.3 is 54.4 Å². The fourth-order valence-electron chi connectivity index (χ4n) is 9.04. The van der Waals surface area contributed by atoms with E-state index >= 15 is 4.39 Å². The number of halogens is 31. The third kappa shape index (κ3) is 18.0. The minimum atomic E-state index is -6.77. The second kappa shape index (κ2) is 29.6. The zero-order chi connectivity index (χ0) is 81.0. The average molecular weight is 1730 g/mol. The smallest absolute Gasteiger partial charge is 0.478 e. The van der Waals surface area contributed by atoms with Crippen molar-refractivity contribution in [3.63, 3.8) is 0 Å². The van der Waals surface area contributed by atoms with Crippen LogP contribution in [0.1, 0.15) is 74.0 Å². The molecule has 0 saturated carbocycles. The molecule has 0 bridgehead atoms. The molecule has 7 aromatic rings. The number of anilines is 4. The number of carboxylic acid groups (broad SMARTS) is 1. The molecule has 3 heterocycles. The van der Waals surface area contributed by atoms with E-state index in [4.69, 9.17) is 16.7 Å². The van der Waals surface area contributed by atoms with Crippen molar-refractivity contribution in [3.05, 3.63) is 186 Å². The predicted octanol–water partition coefficient (Wildman–Crippen LogP) is 20.0. The van der Waals surface area contributed by atoms with E-state index in [0.717, 1.165) is 73.8 Å². The molecular formula is C60H29Br2ClF28N4O12. The standard InChI is InChI=1S/C26H12BrF13N2O4.C18H10BrF11N2O.C8H3ClF2O3.C8H4F2O4/c1-42(21(44)10-5-6-16-17(7-10)46-26(39,40)45-16)15-4-2-3-12(18(15)28)20(43)41-19-13(23(30,31)32)8-11(9-14(19)27)22(29,24(33,34)35)25(36,37)38;1-31-11-4-2-3-8(12(11)20)14(33)32-13-9(16(22,23)24)5-7(6-10(13)19)15(21,17(25,26)27)18(28,29)30;9-7(12)4-1-2-5-6(3-4)14-8(10,11)13-5;9-8(10)13-5-2-1-4(7(11)12)3-6(5)14-8/h2-9H,1H3,(H,41,43);2-6,31H,1H3,(H,32,33);1-3H;1-3H,(H,11,12). The van der Waals surface area contributed by atoms with Crippen LogP contribution in [0.5, 0.6) is 34.5 Å². The predicted molar refractivity (Wildman–Crippen MR) is 314 cm³/mol. The van der Waals surface area contributed by atoms with Crippen LogP contribution < -0.4 is 49.3 Å². The maximum absolute atomic E-state index is 15.5. The Bertz CT molecular complexity index is 4540. The highest BCUT2D eigenvalue weighted by atomic mass is 79.9. The summed E-state index contributed by atoms with van der Waals surface area (Å²) < 4.78 is 397. The topological polar surface area (TPSA) is 200 Å². The molecule has 0 atom stereocenters. The highest BCUT2D eigenvalue weighted by Gasteiger charge is 2.75. The largest absolute Gasteiger partial charge is 0.586 e. The van der Waals surface area contributed by atoms with E-state index in [9.17, 15) is 143 Å². The van der Waals surface area contributed by atoms with Crippen LogP contribution in [-0.4, -0.2) is 91.7 Å². The molecule has 16 nitrogen and oxygen atoms in total. The third-order valence-electron chi connectivity index (χ3n) is 14.0. The third-order valence-corrected chi connectivity index (χ3v) is 15.4. The van der Waals surface area contributed by atoms with Crippen molar-refractivity contribution < 1.29 is 180 Å². The van der Waals surface area contributed by atoms with E-state index in [0.29, 0.717) is 11.0 Å². The molecule has 0 unspecified atom stereocenters. The molecule has 0 aliphatic carbocycles. The van der Waals surface area contributed by atoms with Gasteiger partial charge in [-0.05, 0) is 147 Å². The zero-order valence-corrected chi connectivity index (χ0v) is 55.0. The number of hydrogen-bond donors (Lipinski definition) is 4. The molecule has 0 aromatic heterocycles. The number of carbonyl (C=O) groups is 5. The molecule has 3 aliphatic rings. The van der Waals surface area contributed by atoms with Crippen molar-refractivity contribution in [3.8, 4) is 34.5 Å². The van der Waals surface area contributed by atoms with Gasteiger partial charge in [0, 0.05) is 45.3 Å². The summed E-state index contributed by atoms with van der Waals surface area (Å²) in [5, 5.41) is 13.3. The molecule has 107 heavy (non-hydrogen) atoms. The van der Waals surface area contributed by atoms with Gasteiger partial charge in [0.1, 0.15) is 0 Å². The molecular weight excluding hydrogens is 1700 g/mol. The number of carboxylic acids is 1. The first-order valence-electron chi connectivity index (χ1n) is 27.5. The van der Waals surface area contributed by atoms with Crippen LogP contribution in [-0.2, 0) is 23.7 Å². The Kier molecular flexibility index (Phi) is 23.3. The normalized spacial score (nSPS) is 14.7. The second-order valence-electron chi connectivity index (χ2n) is 21.0. The number of carbonyl (C=O) groups excluding carboxylic acids is 4. The van der Waals surface area contributed by atoms with Crippen LogP contribution in [0, 0.1) is 11.6 Å². The lowest BCUT2D eigenvalue weighted by Crippen LogP contribution is -2.50. The van der Waals surface area contributed by atoms with Gasteiger partial charge in [-0.25, -0.2) is 22.4 Å². The summed E-state index contributed by atoms with van der Waals surface area (Å²) in [6.07, 6.45) is -49.7. The molecule has 3 aliphatic heterocycles. The fourth-order valence-corrected chi connectivity index (χ4v) is 10.3. The SMILES string of the molecule is CN(C(=O)c1ccc2c(c1)OC(F)(F)O2)c1cccc(C(=O)Nc2c(Br)cc(C(F)(C(F)(F)F)C(F)(F)F)cc2C(F)(F)F)c1F.CNc1cccc(C(=O)Nc2c(Br)cc(C(F)(C(F)(F)F)C(F)(F)F)cc2C(F)(F)F)c1F.O=C(Cl)c1ccc2c(c1)OC(F)(F)O2.O=C(O)c1ccc2c(c1)OC(F)(F)O2. The minimum Gasteiger partial charge on any atom is -0.478 e. The first-order valence-corrected chi connectivity index (χ1v) is 29.4. The lowest BCUT2D eigenvalue weighted by atomic mass is 9.92. The van der Waals surface area contributed by atoms with Gasteiger partial charge >= 0.3 is 73.2 Å². The summed E-state index contributed by atoms with van der Waals surface area (Å²) in [4.78, 5) is 59.9. The number of fused-ring (bicyclic) bond motifs is 3. The number of alkyl halides is 26. The molecule has 3 amide bonds. The Morgan fingerprint density at radius 3 is 1.12 bits per heavy atom. The van der Waals surface area contributed by atoms with Gasteiger partial charge in [0.25, 0.3) is 23.0 Å². The Morgan fingerprint density at radius 2 is 0.776 bits per heavy atom. The average Bonchev–Trinajstić information content (AvgIpc) is 1.45. The van der Waals surface area contributed by atoms with Crippen molar-refractivity contribution >= 4 is 95.1 Å². The Hall–Kier alpha value is -10.0. The van der Waals surface area contributed by atoms with E-state index < -0.39 is 191 Å². The molecule has 0 spiro atoms. The van der Waals surface area contributed by atoms with E-state index in [-0.39, 0.29) is 57.5 Å². The van der Waals surface area contributed by atoms with Crippen LogP contribution in [0.2, 0.25) is 0 Å². The van der Waals surface area contributed by atoms with Gasteiger partial charge in [-0.2, -0.15) is 79.0 Å². The summed E-state index contributed by atoms with van der Waals surface area (Å²) >= 11 is 9.81. The minimum absolute atomic E-state index is 0.0757. The van der Waals surface area contributed by atoms with Crippen molar-refractivity contribution in [2.75, 3.05) is 34.9 Å². The van der Waals surface area contributed by atoms with Gasteiger partial charge in [0.05, 0.1) is 50.6 Å². The van der Waals surface area contributed by atoms with Gasteiger partial charge in [-0.15, -0.1) is 26.3 Å². The zero-order valence-electron chi connectivity index (χ0n) is 51.1. The number of rotatable bonds is 11. The van der Waals surface area contributed by atoms with Gasteiger partial charge in [-0.3, -0.25) is 19.2 Å². The fraction of sp³-hybridized carbons (Fsp3) is 0.217. The quantitative estimate of drug-likeness (QED) is 0.0705. The number of benzene rings is 7. The van der Waals surface area contributed by atoms with Crippen LogP contribution in [0.25, 0.3) is 0 Å². The van der Waals surface area contributed by atoms with E-state index in [2.05, 4.69) is 65.6 Å². The second-order valence-corrected chi connectivity index (χ2v) is 23.0. The number of hydrogen-bond acceptors (Lipinski definition) is 12. The summed E-state index contributed by atoms with van der Waals surface area (Å²) in [5.41, 5.74) is -28.0. The lowest BCUT2D eigenvalue weighted by Gasteiger charge is -2.31. The van der Waals surface area contributed by atoms with Crippen LogP contribution >= 0.6 is 43.5 Å². The van der Waals surface area contributed by atoms with Crippen LogP contribution in [0.4, 0.5) is 146 Å². The first kappa shape index (κ1) is 84.2. The van der Waals surface area contributed by atoms with E-state index in [1.165, 1.54) is 30.6 Å². The van der Waals surface area contributed by atoms with Crippen molar-refractivity contribution in [1.82, 2.24) is 0 Å². The van der Waals surface area contributed by atoms with Gasteiger partial charge in [0.15, 0.2) is 46.1 Å². The molecule has 10 rings (SSSR count). The summed E-state index contributed by atoms with van der Waals surface area (Å²) in [6, 6.07) is 13.4. The van der Waals surface area contributed by atoms with Crippen molar-refractivity contribution in [1.29, 1.82) is 0 Å². The lowest BCUT2D eigenvalue weighted by molar-refractivity contribution is -0.349. The molecule has 7 aromatic carbocycles. The maximum Gasteiger partial charge on any atom is 0.586 e. The summed E-state index contributed by atoms with van der Waals surface area (Å²) in [7, 11) is 2.23. The van der Waals surface area contributed by atoms with E-state index in [1.807, 2.05) is 0 Å². The molecule has 47 heteroatoms. The van der Waals surface area contributed by atoms with Crippen molar-refractivity contribution in [2.24, 2.45) is 0 Å². The maximum atomic E-state index is 15.5. The van der Waals surface area contributed by atoms with E-state index in [1.54, 1.807) is 5.32 Å². The Morgan fingerprint density at radius 1 is 0.449 bits per heavy atom. The van der Waals surface area contributed by atoms with Crippen LogP contribution in [0.15, 0.2) is 124 Å². The number of nitrogens with one attached hydrogen (secondary N) is 3. The van der Waals surface area contributed by atoms with Crippen LogP contribution in [0.3, 0.4) is 0 Å². The monoisotopic (exact) mass is 1720 g/mol. The first-order chi connectivity index (χ1) is 48.7. The van der Waals surface area contributed by atoms with Gasteiger partial charge in [-0.1, -0.05) is 12.1 Å². The highest BCUT2D eigenvalue weighted by Crippen LogP contribution is 2.58. The van der Waals surface area contributed by atoms with Crippen molar-refractivity contribution in [2.45, 2.75) is 67.3 Å². The molecule has 0 fully saturated rings. The molecule has 0 saturated heterocycles. The molecule has 578 valence electrons. The highest BCUT2D eigenvalue weighted by molar-refractivity contribution is 9.11. The number of aromatic carboxylic acids is 1. The summed E-state index contributed by atoms with van der Waals surface area (Å²) in [5.74, 6) is -10.0. The Labute approximate surface area is 596 Å². The number of amides is 3. The van der Waals surface area contributed by atoms with Gasteiger partial charge in [0.2, 0.25) is 0 Å². The molecule has 0 radical (unpaired) electrons. The molecule has 4 N–H and O–H groups in total. The summed E-state index contributed by atoms with van der Waals surface area (Å²) in [6.45, 7) is 0. The number of nitrogens with zero attached hydrogens (tertiary/aromatic N) is 1. The Balaban J connectivity index is 0.000000224. The number of ether oxygens (including phenoxy) is 6.